The summed E-state index contributed by atoms with van der Waals surface area (Å²) in [6.45, 7) is 11.4. The molecule has 100 valence electrons. The van der Waals surface area contributed by atoms with Crippen LogP contribution in [0.2, 0.25) is 0 Å². The van der Waals surface area contributed by atoms with E-state index in [9.17, 15) is 0 Å². The molecule has 2 fully saturated rings. The molecule has 0 saturated carbocycles. The van der Waals surface area contributed by atoms with Gasteiger partial charge in [0.05, 0.1) is 6.10 Å². The Hall–Kier alpha value is -0.120. The smallest absolute Gasteiger partial charge is 0.0590 e. The first-order valence-corrected chi connectivity index (χ1v) is 7.22. The molecule has 3 nitrogen and oxygen atoms in total. The van der Waals surface area contributed by atoms with Gasteiger partial charge in [-0.2, -0.15) is 0 Å². The number of ether oxygens (including phenoxy) is 1. The Balaban J connectivity index is 1.95. The summed E-state index contributed by atoms with van der Waals surface area (Å²) in [7, 11) is 0. The van der Waals surface area contributed by atoms with Crippen LogP contribution in [0, 0.1) is 0 Å². The average Bonchev–Trinajstić information content (AvgIpc) is 2.29. The highest BCUT2D eigenvalue weighted by molar-refractivity contribution is 4.93. The van der Waals surface area contributed by atoms with E-state index in [4.69, 9.17) is 4.74 Å². The van der Waals surface area contributed by atoms with Crippen molar-refractivity contribution in [2.24, 2.45) is 0 Å². The maximum Gasteiger partial charge on any atom is 0.0590 e. The van der Waals surface area contributed by atoms with E-state index in [1.165, 1.54) is 32.2 Å². The minimum absolute atomic E-state index is 0.303. The van der Waals surface area contributed by atoms with Crippen molar-refractivity contribution in [1.82, 2.24) is 10.2 Å². The van der Waals surface area contributed by atoms with E-state index < -0.39 is 0 Å². The summed E-state index contributed by atoms with van der Waals surface area (Å²) in [6, 6.07) is 0.734. The van der Waals surface area contributed by atoms with Crippen LogP contribution in [0.25, 0.3) is 0 Å². The molecule has 1 N–H and O–H groups in total. The highest BCUT2D eigenvalue weighted by atomic mass is 16.5. The first kappa shape index (κ1) is 13.3. The molecule has 2 saturated heterocycles. The lowest BCUT2D eigenvalue weighted by atomic mass is 9.91. The molecule has 0 aromatic heterocycles. The van der Waals surface area contributed by atoms with Crippen LogP contribution in [0.5, 0.6) is 0 Å². The van der Waals surface area contributed by atoms with Crippen LogP contribution in [0.3, 0.4) is 0 Å². The third-order valence-corrected chi connectivity index (χ3v) is 4.26. The zero-order chi connectivity index (χ0) is 12.3. The standard InChI is InChI=1S/C14H28N2O/c1-4-5-13-10-12(6-9-17-13)16-8-7-15-11-14(16,2)3/h12-13,15H,4-11H2,1-3H3. The van der Waals surface area contributed by atoms with Gasteiger partial charge < -0.3 is 10.1 Å². The van der Waals surface area contributed by atoms with Crippen molar-refractivity contribution in [1.29, 1.82) is 0 Å². The zero-order valence-electron chi connectivity index (χ0n) is 11.7. The molecule has 2 rings (SSSR count). The molecule has 2 atom stereocenters. The van der Waals surface area contributed by atoms with E-state index in [0.717, 1.165) is 25.7 Å². The van der Waals surface area contributed by atoms with Crippen LogP contribution in [-0.2, 0) is 4.74 Å². The summed E-state index contributed by atoms with van der Waals surface area (Å²) < 4.78 is 5.87. The zero-order valence-corrected chi connectivity index (χ0v) is 11.7. The van der Waals surface area contributed by atoms with Gasteiger partial charge in [-0.1, -0.05) is 13.3 Å². The van der Waals surface area contributed by atoms with Crippen molar-refractivity contribution in [3.63, 3.8) is 0 Å². The number of hydrogen-bond acceptors (Lipinski definition) is 3. The number of hydrogen-bond donors (Lipinski definition) is 1. The second-order valence-corrected chi connectivity index (χ2v) is 6.14. The Morgan fingerprint density at radius 3 is 2.94 bits per heavy atom. The number of nitrogens with one attached hydrogen (secondary N) is 1. The highest BCUT2D eigenvalue weighted by Crippen LogP contribution is 2.28. The van der Waals surface area contributed by atoms with E-state index in [2.05, 4.69) is 31.0 Å². The lowest BCUT2D eigenvalue weighted by Crippen LogP contribution is -2.62. The number of piperazine rings is 1. The van der Waals surface area contributed by atoms with Crippen molar-refractivity contribution < 1.29 is 4.74 Å². The number of rotatable bonds is 3. The highest BCUT2D eigenvalue weighted by Gasteiger charge is 2.36. The average molecular weight is 240 g/mol. The minimum atomic E-state index is 0.303. The van der Waals surface area contributed by atoms with Gasteiger partial charge in [0.1, 0.15) is 0 Å². The van der Waals surface area contributed by atoms with E-state index in [-0.39, 0.29) is 0 Å². The van der Waals surface area contributed by atoms with E-state index in [1.54, 1.807) is 0 Å². The van der Waals surface area contributed by atoms with Crippen LogP contribution >= 0.6 is 0 Å². The second kappa shape index (κ2) is 5.68. The third kappa shape index (κ3) is 3.21. The van der Waals surface area contributed by atoms with Gasteiger partial charge >= 0.3 is 0 Å². The largest absolute Gasteiger partial charge is 0.378 e. The Morgan fingerprint density at radius 2 is 2.24 bits per heavy atom. The monoisotopic (exact) mass is 240 g/mol. The predicted molar refractivity (Wildman–Crippen MR) is 71.3 cm³/mol. The minimum Gasteiger partial charge on any atom is -0.378 e. The Bertz CT molecular complexity index is 240. The molecule has 0 spiro atoms. The van der Waals surface area contributed by atoms with Gasteiger partial charge in [0, 0.05) is 37.8 Å². The molecular weight excluding hydrogens is 212 g/mol. The molecule has 2 aliphatic heterocycles. The van der Waals surface area contributed by atoms with Gasteiger partial charge in [-0.3, -0.25) is 4.90 Å². The fourth-order valence-electron chi connectivity index (χ4n) is 3.34. The molecule has 0 aliphatic carbocycles. The van der Waals surface area contributed by atoms with E-state index in [1.807, 2.05) is 0 Å². The molecule has 2 aliphatic rings. The van der Waals surface area contributed by atoms with Crippen LogP contribution in [0.1, 0.15) is 46.5 Å². The van der Waals surface area contributed by atoms with Gasteiger partial charge in [0.2, 0.25) is 0 Å². The third-order valence-electron chi connectivity index (χ3n) is 4.26. The molecule has 2 heterocycles. The van der Waals surface area contributed by atoms with Gasteiger partial charge in [-0.25, -0.2) is 0 Å². The van der Waals surface area contributed by atoms with Crippen molar-refractivity contribution >= 4 is 0 Å². The van der Waals surface area contributed by atoms with Crippen LogP contribution in [0.4, 0.5) is 0 Å². The first-order chi connectivity index (χ1) is 8.13. The van der Waals surface area contributed by atoms with E-state index in [0.29, 0.717) is 11.6 Å². The molecular formula is C14H28N2O. The molecule has 0 aromatic carbocycles. The molecule has 3 heteroatoms. The summed E-state index contributed by atoms with van der Waals surface area (Å²) in [5.74, 6) is 0. The molecule has 2 unspecified atom stereocenters. The van der Waals surface area contributed by atoms with Crippen molar-refractivity contribution in [2.75, 3.05) is 26.2 Å². The Morgan fingerprint density at radius 1 is 1.41 bits per heavy atom. The predicted octanol–water partition coefficient (Wildman–Crippen LogP) is 2.02. The van der Waals surface area contributed by atoms with Gasteiger partial charge in [0.15, 0.2) is 0 Å². The lowest BCUT2D eigenvalue weighted by molar-refractivity contribution is -0.0596. The maximum atomic E-state index is 5.87. The summed E-state index contributed by atoms with van der Waals surface area (Å²) in [5.41, 5.74) is 0.303. The Labute approximate surface area is 106 Å². The first-order valence-electron chi connectivity index (χ1n) is 7.22. The van der Waals surface area contributed by atoms with Crippen LogP contribution < -0.4 is 5.32 Å². The van der Waals surface area contributed by atoms with Crippen molar-refractivity contribution in [3.8, 4) is 0 Å². The van der Waals surface area contributed by atoms with Gasteiger partial charge in [-0.05, 0) is 33.1 Å². The normalized spacial score (nSPS) is 34.8. The molecule has 0 amide bonds. The maximum absolute atomic E-state index is 5.87. The van der Waals surface area contributed by atoms with Crippen molar-refractivity contribution in [2.45, 2.75) is 64.1 Å². The summed E-state index contributed by atoms with van der Waals surface area (Å²) >= 11 is 0. The summed E-state index contributed by atoms with van der Waals surface area (Å²) in [6.07, 6.45) is 5.41. The quantitative estimate of drug-likeness (QED) is 0.817. The van der Waals surface area contributed by atoms with E-state index >= 15 is 0 Å². The fraction of sp³-hybridized carbons (Fsp3) is 1.00. The summed E-state index contributed by atoms with van der Waals surface area (Å²) in [5, 5.41) is 3.51. The molecule has 0 bridgehead atoms. The molecule has 17 heavy (non-hydrogen) atoms. The van der Waals surface area contributed by atoms with Crippen LogP contribution in [0.15, 0.2) is 0 Å². The van der Waals surface area contributed by atoms with Gasteiger partial charge in [0.25, 0.3) is 0 Å². The fourth-order valence-corrected chi connectivity index (χ4v) is 3.34. The SMILES string of the molecule is CCCC1CC(N2CCNCC2(C)C)CCO1. The van der Waals surface area contributed by atoms with Crippen LogP contribution in [-0.4, -0.2) is 48.8 Å². The molecule has 0 aromatic rings. The molecule has 0 radical (unpaired) electrons. The summed E-state index contributed by atoms with van der Waals surface area (Å²) in [4.78, 5) is 2.72. The topological polar surface area (TPSA) is 24.5 Å². The lowest BCUT2D eigenvalue weighted by Gasteiger charge is -2.49. The van der Waals surface area contributed by atoms with Gasteiger partial charge in [-0.15, -0.1) is 0 Å². The number of nitrogens with zero attached hydrogens (tertiary/aromatic N) is 1. The van der Waals surface area contributed by atoms with Crippen molar-refractivity contribution in [3.05, 3.63) is 0 Å². The second-order valence-electron chi connectivity index (χ2n) is 6.14. The Kier molecular flexibility index (Phi) is 4.45.